The van der Waals surface area contributed by atoms with Gasteiger partial charge in [-0.2, -0.15) is 0 Å². The largest absolute Gasteiger partial charge is 0.353 e. The van der Waals surface area contributed by atoms with Crippen molar-refractivity contribution in [2.24, 2.45) is 0 Å². The lowest BCUT2D eigenvalue weighted by atomic mass is 10.0. The van der Waals surface area contributed by atoms with Gasteiger partial charge in [0, 0.05) is 45.9 Å². The number of rotatable bonds is 3. The van der Waals surface area contributed by atoms with Gasteiger partial charge in [0.2, 0.25) is 0 Å². The first kappa shape index (κ1) is 18.0. The minimum absolute atomic E-state index is 0.189. The van der Waals surface area contributed by atoms with E-state index in [2.05, 4.69) is 21.7 Å². The van der Waals surface area contributed by atoms with E-state index in [0.717, 1.165) is 42.6 Å². The van der Waals surface area contributed by atoms with Gasteiger partial charge in [0.1, 0.15) is 6.10 Å². The molecule has 0 spiro atoms. The summed E-state index contributed by atoms with van der Waals surface area (Å²) < 4.78 is 14.8. The molecule has 1 aliphatic rings. The number of ether oxygens (including phenoxy) is 2. The fourth-order valence-corrected chi connectivity index (χ4v) is 2.99. The predicted molar refractivity (Wildman–Crippen MR) is 108 cm³/mol. The van der Waals surface area contributed by atoms with Gasteiger partial charge in [-0.3, -0.25) is 0 Å². The molecule has 3 rings (SSSR count). The van der Waals surface area contributed by atoms with Crippen molar-refractivity contribution in [3.05, 3.63) is 71.3 Å². The standard InChI is InChI=1S/C22H19IO2/c23-16-15-21(25-22-12-6-7-17-24-22)20-11-5-4-10-19(20)14-13-18-8-2-1-3-9-18/h1-5,8-11,21-22H,6-7,12,17H2. The van der Waals surface area contributed by atoms with Crippen LogP contribution >= 0.6 is 22.6 Å². The minimum Gasteiger partial charge on any atom is -0.353 e. The van der Waals surface area contributed by atoms with Crippen LogP contribution in [-0.4, -0.2) is 12.9 Å². The van der Waals surface area contributed by atoms with Crippen LogP contribution < -0.4 is 0 Å². The monoisotopic (exact) mass is 442 g/mol. The van der Waals surface area contributed by atoms with Crippen molar-refractivity contribution in [2.75, 3.05) is 6.61 Å². The fraction of sp³-hybridized carbons (Fsp3) is 0.273. The maximum absolute atomic E-state index is 6.14. The third-order valence-corrected chi connectivity index (χ3v) is 4.28. The van der Waals surface area contributed by atoms with Crippen molar-refractivity contribution in [3.8, 4) is 21.7 Å². The quantitative estimate of drug-likeness (QED) is 0.489. The Morgan fingerprint density at radius 2 is 1.80 bits per heavy atom. The smallest absolute Gasteiger partial charge is 0.159 e. The Hall–Kier alpha value is -1.79. The van der Waals surface area contributed by atoms with Gasteiger partial charge in [-0.15, -0.1) is 0 Å². The topological polar surface area (TPSA) is 18.5 Å². The molecule has 0 aromatic heterocycles. The van der Waals surface area contributed by atoms with Crippen molar-refractivity contribution in [1.82, 2.24) is 0 Å². The Morgan fingerprint density at radius 3 is 2.56 bits per heavy atom. The van der Waals surface area contributed by atoms with Gasteiger partial charge < -0.3 is 9.47 Å². The van der Waals surface area contributed by atoms with E-state index < -0.39 is 0 Å². The highest BCUT2D eigenvalue weighted by molar-refractivity contribution is 14.1. The molecule has 1 aliphatic heterocycles. The number of halogens is 1. The lowest BCUT2D eigenvalue weighted by Gasteiger charge is -2.26. The lowest BCUT2D eigenvalue weighted by molar-refractivity contribution is -0.178. The molecule has 25 heavy (non-hydrogen) atoms. The predicted octanol–water partition coefficient (Wildman–Crippen LogP) is 5.07. The van der Waals surface area contributed by atoms with E-state index in [1.165, 1.54) is 0 Å². The second-order valence-corrected chi connectivity index (χ2v) is 6.29. The maximum Gasteiger partial charge on any atom is 0.159 e. The summed E-state index contributed by atoms with van der Waals surface area (Å²) in [7, 11) is 0. The SMILES string of the molecule is IC#CC(OC1CCCCO1)c1ccccc1C#Cc1ccccc1. The molecular weight excluding hydrogens is 423 g/mol. The van der Waals surface area contributed by atoms with E-state index in [0.29, 0.717) is 0 Å². The van der Waals surface area contributed by atoms with E-state index in [1.807, 2.05) is 77.2 Å². The third kappa shape index (κ3) is 5.34. The first-order chi connectivity index (χ1) is 12.4. The highest BCUT2D eigenvalue weighted by Crippen LogP contribution is 2.26. The summed E-state index contributed by atoms with van der Waals surface area (Å²) in [4.78, 5) is 0. The summed E-state index contributed by atoms with van der Waals surface area (Å²) in [5.74, 6) is 9.63. The van der Waals surface area contributed by atoms with Gasteiger partial charge in [-0.1, -0.05) is 54.2 Å². The van der Waals surface area contributed by atoms with E-state index in [9.17, 15) is 0 Å². The van der Waals surface area contributed by atoms with E-state index >= 15 is 0 Å². The molecule has 1 saturated heterocycles. The average molecular weight is 442 g/mol. The Kier molecular flexibility index (Phi) is 6.94. The summed E-state index contributed by atoms with van der Waals surface area (Å²) in [5.41, 5.74) is 2.92. The van der Waals surface area contributed by atoms with Crippen LogP contribution in [0, 0.1) is 21.7 Å². The molecule has 0 amide bonds. The van der Waals surface area contributed by atoms with Crippen molar-refractivity contribution >= 4 is 22.6 Å². The van der Waals surface area contributed by atoms with E-state index in [-0.39, 0.29) is 12.4 Å². The maximum atomic E-state index is 6.14. The summed E-state index contributed by atoms with van der Waals surface area (Å²) >= 11 is 2.05. The normalized spacial score (nSPS) is 17.6. The van der Waals surface area contributed by atoms with Crippen LogP contribution in [0.3, 0.4) is 0 Å². The highest BCUT2D eigenvalue weighted by atomic mass is 127. The molecule has 0 bridgehead atoms. The van der Waals surface area contributed by atoms with Crippen LogP contribution in [-0.2, 0) is 9.47 Å². The van der Waals surface area contributed by atoms with E-state index in [4.69, 9.17) is 9.47 Å². The van der Waals surface area contributed by atoms with Crippen LogP contribution in [0.4, 0.5) is 0 Å². The summed E-state index contributed by atoms with van der Waals surface area (Å²) in [6, 6.07) is 18.0. The zero-order valence-corrected chi connectivity index (χ0v) is 16.0. The van der Waals surface area contributed by atoms with Crippen molar-refractivity contribution in [3.63, 3.8) is 0 Å². The molecule has 0 saturated carbocycles. The second-order valence-electron chi connectivity index (χ2n) is 5.75. The molecule has 0 aliphatic carbocycles. The number of benzene rings is 2. The molecule has 1 heterocycles. The molecule has 1 fully saturated rings. The third-order valence-electron chi connectivity index (χ3n) is 3.97. The van der Waals surface area contributed by atoms with Gasteiger partial charge in [-0.05, 0) is 41.4 Å². The first-order valence-electron chi connectivity index (χ1n) is 8.41. The van der Waals surface area contributed by atoms with Crippen LogP contribution in [0.1, 0.15) is 42.1 Å². The fourth-order valence-electron chi connectivity index (χ4n) is 2.71. The van der Waals surface area contributed by atoms with Crippen LogP contribution in [0.2, 0.25) is 0 Å². The number of hydrogen-bond acceptors (Lipinski definition) is 2. The Balaban J connectivity index is 1.86. The molecule has 0 N–H and O–H groups in total. The zero-order valence-electron chi connectivity index (χ0n) is 13.9. The Morgan fingerprint density at radius 1 is 1.00 bits per heavy atom. The van der Waals surface area contributed by atoms with Crippen LogP contribution in [0.25, 0.3) is 0 Å². The molecule has 2 aromatic carbocycles. The number of hydrogen-bond donors (Lipinski definition) is 0. The van der Waals surface area contributed by atoms with Gasteiger partial charge in [0.05, 0.1) is 0 Å². The zero-order chi connectivity index (χ0) is 17.3. The molecular formula is C22H19IO2. The van der Waals surface area contributed by atoms with Gasteiger partial charge in [0.15, 0.2) is 6.29 Å². The van der Waals surface area contributed by atoms with Crippen molar-refractivity contribution in [1.29, 1.82) is 0 Å². The lowest BCUT2D eigenvalue weighted by Crippen LogP contribution is -2.24. The van der Waals surface area contributed by atoms with Gasteiger partial charge >= 0.3 is 0 Å². The molecule has 2 nitrogen and oxygen atoms in total. The highest BCUT2D eigenvalue weighted by Gasteiger charge is 2.21. The second kappa shape index (κ2) is 9.63. The van der Waals surface area contributed by atoms with Crippen molar-refractivity contribution in [2.45, 2.75) is 31.7 Å². The molecule has 2 aromatic rings. The molecule has 2 atom stereocenters. The van der Waals surface area contributed by atoms with Gasteiger partial charge in [0.25, 0.3) is 0 Å². The average Bonchev–Trinajstić information content (AvgIpc) is 2.68. The van der Waals surface area contributed by atoms with Gasteiger partial charge in [-0.25, -0.2) is 0 Å². The summed E-state index contributed by atoms with van der Waals surface area (Å²) in [6.45, 7) is 0.754. The Bertz CT molecular complexity index is 802. The van der Waals surface area contributed by atoms with Crippen LogP contribution in [0.5, 0.6) is 0 Å². The molecule has 3 heteroatoms. The van der Waals surface area contributed by atoms with E-state index in [1.54, 1.807) is 0 Å². The minimum atomic E-state index is -0.332. The van der Waals surface area contributed by atoms with Crippen LogP contribution in [0.15, 0.2) is 54.6 Å². The molecule has 2 unspecified atom stereocenters. The Labute approximate surface area is 163 Å². The molecule has 0 radical (unpaired) electrons. The summed E-state index contributed by atoms with van der Waals surface area (Å²) in [5, 5.41) is 0. The summed E-state index contributed by atoms with van der Waals surface area (Å²) in [6.07, 6.45) is 2.62. The van der Waals surface area contributed by atoms with Crippen molar-refractivity contribution < 1.29 is 9.47 Å². The first-order valence-corrected chi connectivity index (χ1v) is 9.49. The molecule has 126 valence electrons.